The van der Waals surface area contributed by atoms with Gasteiger partial charge in [0.15, 0.2) is 0 Å². The Hall–Kier alpha value is -1.08. The van der Waals surface area contributed by atoms with E-state index in [9.17, 15) is 5.11 Å². The second kappa shape index (κ2) is 5.61. The molecule has 1 heteroatoms. The van der Waals surface area contributed by atoms with E-state index in [0.29, 0.717) is 0 Å². The number of aliphatic hydroxyl groups excluding tert-OH is 1. The number of rotatable bonds is 5. The van der Waals surface area contributed by atoms with Gasteiger partial charge >= 0.3 is 0 Å². The average molecular weight is 190 g/mol. The fourth-order valence-electron chi connectivity index (χ4n) is 1.44. The van der Waals surface area contributed by atoms with Crippen LogP contribution < -0.4 is 0 Å². The van der Waals surface area contributed by atoms with Gasteiger partial charge in [0.05, 0.1) is 6.10 Å². The van der Waals surface area contributed by atoms with Crippen molar-refractivity contribution >= 4 is 0 Å². The highest BCUT2D eigenvalue weighted by Crippen LogP contribution is 2.19. The predicted octanol–water partition coefficient (Wildman–Crippen LogP) is 3.47. The van der Waals surface area contributed by atoms with Gasteiger partial charge in [-0.3, -0.25) is 0 Å². The molecule has 0 saturated heterocycles. The molecule has 14 heavy (non-hydrogen) atoms. The quantitative estimate of drug-likeness (QED) is 0.705. The zero-order valence-corrected chi connectivity index (χ0v) is 8.74. The van der Waals surface area contributed by atoms with Crippen molar-refractivity contribution in [2.24, 2.45) is 0 Å². The van der Waals surface area contributed by atoms with Gasteiger partial charge in [0.2, 0.25) is 0 Å². The molecule has 0 radical (unpaired) electrons. The molecule has 1 rings (SSSR count). The van der Waals surface area contributed by atoms with E-state index < -0.39 is 0 Å². The summed E-state index contributed by atoms with van der Waals surface area (Å²) in [7, 11) is 0. The third kappa shape index (κ3) is 3.75. The standard InChI is InChI=1S/C13H18O/c1-11(2)7-6-10-13(14)12-8-4-3-5-9-12/h3-5,8-9,13-14H,1,6-7,10H2,2H3/t13-/m0/s1. The Bertz CT molecular complexity index is 277. The summed E-state index contributed by atoms with van der Waals surface area (Å²) in [5.74, 6) is 0. The first-order chi connectivity index (χ1) is 6.70. The van der Waals surface area contributed by atoms with E-state index in [0.717, 1.165) is 24.8 Å². The summed E-state index contributed by atoms with van der Waals surface area (Å²) in [4.78, 5) is 0. The topological polar surface area (TPSA) is 20.2 Å². The molecule has 0 aliphatic rings. The molecule has 0 bridgehead atoms. The average Bonchev–Trinajstić information content (AvgIpc) is 2.18. The summed E-state index contributed by atoms with van der Waals surface area (Å²) in [6.07, 6.45) is 2.50. The van der Waals surface area contributed by atoms with E-state index in [4.69, 9.17) is 0 Å². The Balaban J connectivity index is 2.36. The lowest BCUT2D eigenvalue weighted by Gasteiger charge is -2.10. The molecule has 1 aromatic rings. The van der Waals surface area contributed by atoms with Gasteiger partial charge in [0, 0.05) is 0 Å². The number of allylic oxidation sites excluding steroid dienone is 1. The largest absolute Gasteiger partial charge is 0.388 e. The molecule has 1 nitrogen and oxygen atoms in total. The SMILES string of the molecule is C=C(C)CCC[C@H](O)c1ccccc1. The monoisotopic (exact) mass is 190 g/mol. The van der Waals surface area contributed by atoms with Crippen LogP contribution in [-0.4, -0.2) is 5.11 Å². The molecule has 0 saturated carbocycles. The first-order valence-corrected chi connectivity index (χ1v) is 5.07. The number of hydrogen-bond donors (Lipinski definition) is 1. The highest BCUT2D eigenvalue weighted by atomic mass is 16.3. The second-order valence-electron chi connectivity index (χ2n) is 3.78. The van der Waals surface area contributed by atoms with Crippen LogP contribution in [0.15, 0.2) is 42.5 Å². The maximum atomic E-state index is 9.80. The third-order valence-corrected chi connectivity index (χ3v) is 2.27. The van der Waals surface area contributed by atoms with Crippen LogP contribution in [0.5, 0.6) is 0 Å². The van der Waals surface area contributed by atoms with Crippen LogP contribution in [0.25, 0.3) is 0 Å². The summed E-state index contributed by atoms with van der Waals surface area (Å²) in [5, 5.41) is 9.80. The van der Waals surface area contributed by atoms with Crippen molar-refractivity contribution in [1.82, 2.24) is 0 Å². The smallest absolute Gasteiger partial charge is 0.0790 e. The molecular formula is C13H18O. The van der Waals surface area contributed by atoms with Gasteiger partial charge in [-0.25, -0.2) is 0 Å². The lowest BCUT2D eigenvalue weighted by molar-refractivity contribution is 0.164. The Labute approximate surface area is 86.1 Å². The van der Waals surface area contributed by atoms with E-state index in [-0.39, 0.29) is 6.10 Å². The highest BCUT2D eigenvalue weighted by molar-refractivity contribution is 5.17. The summed E-state index contributed by atoms with van der Waals surface area (Å²) >= 11 is 0. The Morgan fingerprint density at radius 3 is 2.57 bits per heavy atom. The Morgan fingerprint density at radius 1 is 1.36 bits per heavy atom. The van der Waals surface area contributed by atoms with Crippen LogP contribution in [0.1, 0.15) is 37.9 Å². The normalized spacial score (nSPS) is 12.4. The van der Waals surface area contributed by atoms with Crippen molar-refractivity contribution < 1.29 is 5.11 Å². The van der Waals surface area contributed by atoms with E-state index in [2.05, 4.69) is 6.58 Å². The van der Waals surface area contributed by atoms with E-state index in [1.165, 1.54) is 5.57 Å². The predicted molar refractivity (Wildman–Crippen MR) is 60.1 cm³/mol. The fourth-order valence-corrected chi connectivity index (χ4v) is 1.44. The van der Waals surface area contributed by atoms with Crippen LogP contribution >= 0.6 is 0 Å². The first kappa shape index (κ1) is 11.0. The molecule has 0 amide bonds. The molecule has 0 aliphatic carbocycles. The Morgan fingerprint density at radius 2 is 2.00 bits per heavy atom. The second-order valence-corrected chi connectivity index (χ2v) is 3.78. The van der Waals surface area contributed by atoms with Gasteiger partial charge in [-0.05, 0) is 31.7 Å². The molecule has 1 N–H and O–H groups in total. The fraction of sp³-hybridized carbons (Fsp3) is 0.385. The molecule has 0 aromatic heterocycles. The zero-order chi connectivity index (χ0) is 10.4. The molecule has 1 aromatic carbocycles. The van der Waals surface area contributed by atoms with Crippen LogP contribution in [0.3, 0.4) is 0 Å². The number of hydrogen-bond acceptors (Lipinski definition) is 1. The Kier molecular flexibility index (Phi) is 4.41. The van der Waals surface area contributed by atoms with Gasteiger partial charge in [-0.2, -0.15) is 0 Å². The lowest BCUT2D eigenvalue weighted by Crippen LogP contribution is -1.96. The maximum absolute atomic E-state index is 9.80. The first-order valence-electron chi connectivity index (χ1n) is 5.07. The maximum Gasteiger partial charge on any atom is 0.0790 e. The highest BCUT2D eigenvalue weighted by Gasteiger charge is 2.05. The summed E-state index contributed by atoms with van der Waals surface area (Å²) in [6, 6.07) is 9.80. The van der Waals surface area contributed by atoms with Crippen LogP contribution in [0.2, 0.25) is 0 Å². The van der Waals surface area contributed by atoms with Gasteiger partial charge < -0.3 is 5.11 Å². The van der Waals surface area contributed by atoms with Crippen LogP contribution in [0.4, 0.5) is 0 Å². The van der Waals surface area contributed by atoms with Gasteiger partial charge in [0.1, 0.15) is 0 Å². The van der Waals surface area contributed by atoms with Crippen molar-refractivity contribution in [2.45, 2.75) is 32.3 Å². The third-order valence-electron chi connectivity index (χ3n) is 2.27. The molecular weight excluding hydrogens is 172 g/mol. The summed E-state index contributed by atoms with van der Waals surface area (Å²) in [5.41, 5.74) is 2.19. The molecule has 0 fully saturated rings. The van der Waals surface area contributed by atoms with E-state index in [1.54, 1.807) is 0 Å². The molecule has 0 aliphatic heterocycles. The van der Waals surface area contributed by atoms with Crippen LogP contribution in [-0.2, 0) is 0 Å². The number of aliphatic hydroxyl groups is 1. The molecule has 1 atom stereocenters. The summed E-state index contributed by atoms with van der Waals surface area (Å²) < 4.78 is 0. The summed E-state index contributed by atoms with van der Waals surface area (Å²) in [6.45, 7) is 5.87. The van der Waals surface area contributed by atoms with Gasteiger partial charge in [-0.15, -0.1) is 6.58 Å². The van der Waals surface area contributed by atoms with Crippen molar-refractivity contribution in [3.8, 4) is 0 Å². The van der Waals surface area contributed by atoms with Crippen molar-refractivity contribution in [3.05, 3.63) is 48.0 Å². The minimum Gasteiger partial charge on any atom is -0.388 e. The molecule has 0 unspecified atom stereocenters. The van der Waals surface area contributed by atoms with Crippen molar-refractivity contribution in [1.29, 1.82) is 0 Å². The van der Waals surface area contributed by atoms with Crippen LogP contribution in [0, 0.1) is 0 Å². The molecule has 0 spiro atoms. The van der Waals surface area contributed by atoms with Crippen molar-refractivity contribution in [2.75, 3.05) is 0 Å². The lowest BCUT2D eigenvalue weighted by atomic mass is 10.0. The van der Waals surface area contributed by atoms with E-state index in [1.807, 2.05) is 37.3 Å². The zero-order valence-electron chi connectivity index (χ0n) is 8.74. The minimum atomic E-state index is -0.324. The molecule has 0 heterocycles. The van der Waals surface area contributed by atoms with Crippen molar-refractivity contribution in [3.63, 3.8) is 0 Å². The molecule has 76 valence electrons. The number of benzene rings is 1. The minimum absolute atomic E-state index is 0.324. The van der Waals surface area contributed by atoms with Gasteiger partial charge in [-0.1, -0.05) is 35.9 Å². The van der Waals surface area contributed by atoms with E-state index >= 15 is 0 Å². The van der Waals surface area contributed by atoms with Gasteiger partial charge in [0.25, 0.3) is 0 Å².